The highest BCUT2D eigenvalue weighted by Crippen LogP contribution is 2.35. The molecule has 6 heteroatoms. The second-order valence-electron chi connectivity index (χ2n) is 7.66. The van der Waals surface area contributed by atoms with Crippen LogP contribution in [0.4, 0.5) is 14.5 Å². The molecule has 0 aliphatic carbocycles. The van der Waals surface area contributed by atoms with Crippen molar-refractivity contribution in [1.29, 1.82) is 0 Å². The van der Waals surface area contributed by atoms with Gasteiger partial charge in [-0.15, -0.1) is 0 Å². The molecule has 0 spiro atoms. The standard InChI is InChI=1S/C27H22N4.C2H6.CH2F2/c28-17-18-6-8-21(9-7-18)27-23(19-4-2-1-3-5-19)16-24-25(31-27)14-15-30-26(24)20-10-12-22(29)13-11-20;1-2;2-1-3/h1-16H,17,28-29H2;1-2H3;1H2/p+1. The first kappa shape index (κ1) is 26.4. The number of rotatable bonds is 4. The number of anilines is 1. The Balaban J connectivity index is 0.000000674. The smallest absolute Gasteiger partial charge is 0.229 e. The van der Waals surface area contributed by atoms with Crippen molar-refractivity contribution >= 4 is 16.6 Å². The highest BCUT2D eigenvalue weighted by molar-refractivity contribution is 5.97. The van der Waals surface area contributed by atoms with Crippen LogP contribution in [0.1, 0.15) is 19.4 Å². The van der Waals surface area contributed by atoms with Crippen LogP contribution < -0.4 is 16.5 Å². The van der Waals surface area contributed by atoms with Gasteiger partial charge in [0, 0.05) is 35.0 Å². The van der Waals surface area contributed by atoms with Gasteiger partial charge in [-0.2, -0.15) is 0 Å². The Kier molecular flexibility index (Phi) is 9.60. The number of aromatic amines is 1. The Hall–Kier alpha value is -4.16. The molecule has 2 heterocycles. The van der Waals surface area contributed by atoms with E-state index in [-0.39, 0.29) is 0 Å². The minimum absolute atomic E-state index is 0.526. The molecule has 0 amide bonds. The predicted octanol–water partition coefficient (Wildman–Crippen LogP) is 7.00. The molecule has 184 valence electrons. The lowest BCUT2D eigenvalue weighted by Gasteiger charge is -2.12. The summed E-state index contributed by atoms with van der Waals surface area (Å²) >= 11 is 0. The number of nitrogen functional groups attached to an aromatic ring is 1. The number of fused-ring (bicyclic) bond motifs is 1. The van der Waals surface area contributed by atoms with Crippen LogP contribution in [0.3, 0.4) is 0 Å². The summed E-state index contributed by atoms with van der Waals surface area (Å²) in [6.45, 7) is 2.78. The van der Waals surface area contributed by atoms with Crippen molar-refractivity contribution in [2.45, 2.75) is 20.4 Å². The Bertz CT molecular complexity index is 1370. The Labute approximate surface area is 210 Å². The van der Waals surface area contributed by atoms with Crippen LogP contribution in [-0.4, -0.2) is 11.9 Å². The number of aromatic nitrogens is 2. The summed E-state index contributed by atoms with van der Waals surface area (Å²) in [5.74, 6) is 0. The van der Waals surface area contributed by atoms with Gasteiger partial charge in [0.05, 0.1) is 16.6 Å². The van der Waals surface area contributed by atoms with Gasteiger partial charge in [-0.3, -0.25) is 0 Å². The van der Waals surface area contributed by atoms with E-state index in [1.54, 1.807) is 0 Å². The van der Waals surface area contributed by atoms with Crippen molar-refractivity contribution in [3.8, 4) is 33.6 Å². The summed E-state index contributed by atoms with van der Waals surface area (Å²) in [6, 6.07) is 30.8. The van der Waals surface area contributed by atoms with Crippen LogP contribution in [0.2, 0.25) is 0 Å². The predicted molar refractivity (Wildman–Crippen MR) is 145 cm³/mol. The molecule has 0 aliphatic heterocycles. The average molecular weight is 486 g/mol. The molecule has 5 aromatic rings. The number of nitrogens with zero attached hydrogens (tertiary/aromatic N) is 1. The molecule has 5 rings (SSSR count). The molecule has 0 bridgehead atoms. The maximum Gasteiger partial charge on any atom is 0.229 e. The molecule has 0 saturated carbocycles. The monoisotopic (exact) mass is 485 g/mol. The van der Waals surface area contributed by atoms with Crippen LogP contribution in [0.15, 0.2) is 97.2 Å². The van der Waals surface area contributed by atoms with E-state index in [0.717, 1.165) is 55.8 Å². The molecular weight excluding hydrogens is 454 g/mol. The molecule has 2 aromatic heterocycles. The maximum absolute atomic E-state index is 9.62. The molecule has 4 nitrogen and oxygen atoms in total. The van der Waals surface area contributed by atoms with E-state index < -0.39 is 6.93 Å². The maximum atomic E-state index is 9.62. The van der Waals surface area contributed by atoms with Crippen LogP contribution in [0.5, 0.6) is 0 Å². The van der Waals surface area contributed by atoms with E-state index in [4.69, 9.17) is 16.5 Å². The fourth-order valence-corrected chi connectivity index (χ4v) is 3.88. The zero-order valence-corrected chi connectivity index (χ0v) is 20.5. The van der Waals surface area contributed by atoms with E-state index >= 15 is 0 Å². The van der Waals surface area contributed by atoms with Crippen LogP contribution in [0.25, 0.3) is 44.5 Å². The van der Waals surface area contributed by atoms with Crippen molar-refractivity contribution in [1.82, 2.24) is 4.98 Å². The average Bonchev–Trinajstić information content (AvgIpc) is 2.94. The number of halogens is 2. The number of H-pyrrole nitrogens is 1. The number of benzene rings is 3. The third-order valence-corrected chi connectivity index (χ3v) is 5.54. The van der Waals surface area contributed by atoms with Gasteiger partial charge in [-0.05, 0) is 41.5 Å². The molecule has 36 heavy (non-hydrogen) atoms. The first-order valence-corrected chi connectivity index (χ1v) is 11.8. The summed E-state index contributed by atoms with van der Waals surface area (Å²) in [4.78, 5) is 8.51. The normalized spacial score (nSPS) is 10.1. The quantitative estimate of drug-likeness (QED) is 0.269. The summed E-state index contributed by atoms with van der Waals surface area (Å²) in [5, 5.41) is 1.06. The highest BCUT2D eigenvalue weighted by Gasteiger charge is 2.17. The lowest BCUT2D eigenvalue weighted by Crippen LogP contribution is -2.07. The third kappa shape index (κ3) is 6.09. The lowest BCUT2D eigenvalue weighted by atomic mass is 9.95. The summed E-state index contributed by atoms with van der Waals surface area (Å²) < 4.78 is 19.2. The minimum Gasteiger partial charge on any atom is -0.399 e. The van der Waals surface area contributed by atoms with Crippen molar-refractivity contribution in [2.75, 3.05) is 12.7 Å². The van der Waals surface area contributed by atoms with E-state index in [0.29, 0.717) is 6.54 Å². The topological polar surface area (TPSA) is 79.1 Å². The Morgan fingerprint density at radius 1 is 0.778 bits per heavy atom. The van der Waals surface area contributed by atoms with E-state index in [1.165, 1.54) is 0 Å². The molecule has 0 atom stereocenters. The van der Waals surface area contributed by atoms with Gasteiger partial charge in [0.2, 0.25) is 12.6 Å². The van der Waals surface area contributed by atoms with Gasteiger partial charge >= 0.3 is 0 Å². The summed E-state index contributed by atoms with van der Waals surface area (Å²) in [7, 11) is 0. The molecule has 5 N–H and O–H groups in total. The fraction of sp³-hybridized carbons (Fsp3) is 0.133. The van der Waals surface area contributed by atoms with Crippen LogP contribution in [0, 0.1) is 0 Å². The van der Waals surface area contributed by atoms with Crippen LogP contribution >= 0.6 is 0 Å². The molecule has 0 aliphatic rings. The van der Waals surface area contributed by atoms with Gasteiger partial charge in [0.1, 0.15) is 0 Å². The molecular formula is C30H31F2N4+. The number of alkyl halides is 2. The highest BCUT2D eigenvalue weighted by atomic mass is 19.3. The zero-order valence-electron chi connectivity index (χ0n) is 20.5. The number of nitrogens with one attached hydrogen (secondary N) is 1. The number of hydrogen-bond donors (Lipinski definition) is 2. The first-order valence-electron chi connectivity index (χ1n) is 11.8. The largest absolute Gasteiger partial charge is 0.399 e. The summed E-state index contributed by atoms with van der Waals surface area (Å²) in [5.41, 5.74) is 20.8. The molecule has 3 aromatic carbocycles. The van der Waals surface area contributed by atoms with E-state index in [1.807, 2.05) is 56.4 Å². The van der Waals surface area contributed by atoms with Gasteiger partial charge in [0.25, 0.3) is 0 Å². The fourth-order valence-electron chi connectivity index (χ4n) is 3.88. The second-order valence-corrected chi connectivity index (χ2v) is 7.66. The van der Waals surface area contributed by atoms with Crippen molar-refractivity contribution in [3.05, 3.63) is 103 Å². The van der Waals surface area contributed by atoms with Crippen LogP contribution in [-0.2, 0) is 6.54 Å². The van der Waals surface area contributed by atoms with Crippen molar-refractivity contribution in [3.63, 3.8) is 0 Å². The molecule has 0 fully saturated rings. The number of pyridine rings is 2. The number of nitrogens with two attached hydrogens (primary N) is 2. The van der Waals surface area contributed by atoms with Crippen molar-refractivity contribution in [2.24, 2.45) is 5.73 Å². The summed E-state index contributed by atoms with van der Waals surface area (Å²) in [6.07, 6.45) is 1.94. The first-order chi connectivity index (χ1) is 17.6. The van der Waals surface area contributed by atoms with Gasteiger partial charge in [-0.1, -0.05) is 68.4 Å². The van der Waals surface area contributed by atoms with Gasteiger partial charge in [-0.25, -0.2) is 18.7 Å². The van der Waals surface area contributed by atoms with Crippen molar-refractivity contribution < 1.29 is 13.8 Å². The van der Waals surface area contributed by atoms with E-state index in [2.05, 4.69) is 59.6 Å². The lowest BCUT2D eigenvalue weighted by molar-refractivity contribution is -0.362. The molecule has 0 unspecified atom stereocenters. The Morgan fingerprint density at radius 3 is 2.00 bits per heavy atom. The van der Waals surface area contributed by atoms with Gasteiger partial charge < -0.3 is 11.5 Å². The zero-order chi connectivity index (χ0) is 25.9. The van der Waals surface area contributed by atoms with Gasteiger partial charge in [0.15, 0.2) is 6.20 Å². The SMILES string of the molecule is CC.FCF.NCc1ccc(-c2nc3cc[nH+]c(-c4ccc(N)cc4)c3cc2-c2ccccc2)cc1. The van der Waals surface area contributed by atoms with E-state index in [9.17, 15) is 8.78 Å². The third-order valence-electron chi connectivity index (χ3n) is 5.54. The number of hydrogen-bond acceptors (Lipinski definition) is 3. The molecule has 0 radical (unpaired) electrons. The minimum atomic E-state index is -1.75. The second kappa shape index (κ2) is 13.1. The molecule has 0 saturated heterocycles. The Morgan fingerprint density at radius 2 is 1.39 bits per heavy atom.